The largest absolute Gasteiger partial charge is 0.378 e. The molecule has 5 fully saturated rings. The number of anilines is 1. The summed E-state index contributed by atoms with van der Waals surface area (Å²) in [6.07, 6.45) is 8.35. The molecule has 1 aromatic carbocycles. The van der Waals surface area contributed by atoms with Gasteiger partial charge in [0.2, 0.25) is 5.91 Å². The third-order valence-electron chi connectivity index (χ3n) is 8.23. The van der Waals surface area contributed by atoms with E-state index < -0.39 is 6.04 Å². The third kappa shape index (κ3) is 3.76. The van der Waals surface area contributed by atoms with Gasteiger partial charge in [0.15, 0.2) is 0 Å². The molecule has 6 rings (SSSR count). The van der Waals surface area contributed by atoms with E-state index in [1.54, 1.807) is 12.1 Å². The lowest BCUT2D eigenvalue weighted by Crippen LogP contribution is -2.58. The number of benzene rings is 1. The van der Waals surface area contributed by atoms with Crippen LogP contribution in [0.3, 0.4) is 0 Å². The van der Waals surface area contributed by atoms with Crippen molar-refractivity contribution in [3.05, 3.63) is 29.8 Å². The number of nitrogens with one attached hydrogen (secondary N) is 2. The van der Waals surface area contributed by atoms with Crippen molar-refractivity contribution in [1.29, 1.82) is 0 Å². The number of likely N-dealkylation sites (tertiary alicyclic amines) is 1. The van der Waals surface area contributed by atoms with Gasteiger partial charge in [-0.05, 0) is 87.3 Å². The van der Waals surface area contributed by atoms with Crippen molar-refractivity contribution in [3.63, 3.8) is 0 Å². The fourth-order valence-corrected chi connectivity index (χ4v) is 7.16. The first-order valence-corrected chi connectivity index (χ1v) is 12.0. The second kappa shape index (κ2) is 8.09. The highest BCUT2D eigenvalue weighted by molar-refractivity contribution is 5.97. The quantitative estimate of drug-likeness (QED) is 0.709. The van der Waals surface area contributed by atoms with Crippen LogP contribution in [0.25, 0.3) is 0 Å². The first-order valence-electron chi connectivity index (χ1n) is 12.0. The molecule has 7 nitrogen and oxygen atoms in total. The number of hydrazine groups is 1. The number of hydrogen-bond acceptors (Lipinski definition) is 4. The average molecular weight is 439 g/mol. The summed E-state index contributed by atoms with van der Waals surface area (Å²) >= 11 is 0. The van der Waals surface area contributed by atoms with Gasteiger partial charge in [-0.1, -0.05) is 6.07 Å². The second-order valence-corrected chi connectivity index (χ2v) is 10.7. The van der Waals surface area contributed by atoms with Gasteiger partial charge in [-0.25, -0.2) is 0 Å². The Hall–Kier alpha value is -2.57. The highest BCUT2D eigenvalue weighted by atomic mass is 16.2. The van der Waals surface area contributed by atoms with E-state index in [2.05, 4.69) is 10.9 Å². The van der Waals surface area contributed by atoms with E-state index in [4.69, 9.17) is 0 Å². The predicted molar refractivity (Wildman–Crippen MR) is 122 cm³/mol. The summed E-state index contributed by atoms with van der Waals surface area (Å²) in [6, 6.07) is 6.73. The summed E-state index contributed by atoms with van der Waals surface area (Å²) in [5.74, 6) is 1.61. The van der Waals surface area contributed by atoms with Crippen molar-refractivity contribution < 1.29 is 14.4 Å². The van der Waals surface area contributed by atoms with Gasteiger partial charge in [0.05, 0.1) is 5.41 Å². The standard InChI is InChI=1S/C25H34N4O3/c1-28(2)20-6-3-5-19(12-20)22(30)26-27-23(31)21-7-4-8-29(21)24(32)25-13-16-9-17(14-25)11-18(10-16)15-25/h3,5-6,12,16-18,21H,4,7-11,13-15H2,1-2H3,(H,26,30)(H,27,31). The van der Waals surface area contributed by atoms with E-state index in [0.29, 0.717) is 36.3 Å². The number of rotatable bonds is 4. The molecule has 0 radical (unpaired) electrons. The molecular weight excluding hydrogens is 404 g/mol. The van der Waals surface area contributed by atoms with Crippen LogP contribution in [0.1, 0.15) is 61.7 Å². The topological polar surface area (TPSA) is 81.8 Å². The second-order valence-electron chi connectivity index (χ2n) is 10.7. The Morgan fingerprint density at radius 1 is 1.00 bits per heavy atom. The van der Waals surface area contributed by atoms with Crippen molar-refractivity contribution in [2.75, 3.05) is 25.5 Å². The molecule has 1 atom stereocenters. The smallest absolute Gasteiger partial charge is 0.269 e. The summed E-state index contributed by atoms with van der Waals surface area (Å²) in [6.45, 7) is 0.636. The lowest BCUT2D eigenvalue weighted by molar-refractivity contribution is -0.160. The summed E-state index contributed by atoms with van der Waals surface area (Å²) in [5, 5.41) is 0. The van der Waals surface area contributed by atoms with Gasteiger partial charge in [0.1, 0.15) is 6.04 Å². The van der Waals surface area contributed by atoms with Crippen molar-refractivity contribution in [3.8, 4) is 0 Å². The van der Waals surface area contributed by atoms with Crippen LogP contribution in [0, 0.1) is 23.2 Å². The van der Waals surface area contributed by atoms with Gasteiger partial charge in [0.25, 0.3) is 11.8 Å². The van der Waals surface area contributed by atoms with Crippen LogP contribution < -0.4 is 15.8 Å². The Kier molecular flexibility index (Phi) is 5.38. The number of nitrogens with zero attached hydrogens (tertiary/aromatic N) is 2. The molecule has 1 aromatic rings. The van der Waals surface area contributed by atoms with Gasteiger partial charge in [-0.15, -0.1) is 0 Å². The van der Waals surface area contributed by atoms with E-state index in [0.717, 1.165) is 31.4 Å². The summed E-state index contributed by atoms with van der Waals surface area (Å²) in [4.78, 5) is 43.0. The van der Waals surface area contributed by atoms with Crippen molar-refractivity contribution >= 4 is 23.4 Å². The number of hydrogen-bond donors (Lipinski definition) is 2. The predicted octanol–water partition coefficient (Wildman–Crippen LogP) is 2.72. The van der Waals surface area contributed by atoms with E-state index in [1.165, 1.54) is 19.3 Å². The van der Waals surface area contributed by atoms with Crippen LogP contribution in [0.2, 0.25) is 0 Å². The minimum atomic E-state index is -0.496. The van der Waals surface area contributed by atoms with Crippen LogP contribution in [-0.4, -0.2) is 49.3 Å². The third-order valence-corrected chi connectivity index (χ3v) is 8.23. The molecular formula is C25H34N4O3. The van der Waals surface area contributed by atoms with E-state index in [-0.39, 0.29) is 23.1 Å². The zero-order valence-corrected chi connectivity index (χ0v) is 19.1. The first kappa shape index (κ1) is 21.3. The maximum absolute atomic E-state index is 13.7. The lowest BCUT2D eigenvalue weighted by Gasteiger charge is -2.56. The van der Waals surface area contributed by atoms with Gasteiger partial charge < -0.3 is 9.80 Å². The van der Waals surface area contributed by atoms with E-state index in [9.17, 15) is 14.4 Å². The van der Waals surface area contributed by atoms with Gasteiger partial charge in [-0.2, -0.15) is 0 Å². The fraction of sp³-hybridized carbons (Fsp3) is 0.640. The van der Waals surface area contributed by atoms with Crippen LogP contribution >= 0.6 is 0 Å². The Bertz CT molecular complexity index is 892. The minimum absolute atomic E-state index is 0.194. The van der Waals surface area contributed by atoms with Crippen molar-refractivity contribution in [2.45, 2.75) is 57.4 Å². The monoisotopic (exact) mass is 438 g/mol. The Morgan fingerprint density at radius 3 is 2.28 bits per heavy atom. The zero-order valence-electron chi connectivity index (χ0n) is 19.1. The number of carbonyl (C=O) groups is 3. The molecule has 1 aliphatic heterocycles. The molecule has 1 unspecified atom stereocenters. The van der Waals surface area contributed by atoms with Crippen LogP contribution in [-0.2, 0) is 9.59 Å². The number of amides is 3. The SMILES string of the molecule is CN(C)c1cccc(C(=O)NNC(=O)C2CCCN2C(=O)C23CC4CC(CC(C4)C2)C3)c1. The molecule has 2 N–H and O–H groups in total. The molecule has 4 bridgehead atoms. The molecule has 0 aromatic heterocycles. The molecule has 5 aliphatic rings. The first-order chi connectivity index (χ1) is 15.3. The molecule has 4 aliphatic carbocycles. The van der Waals surface area contributed by atoms with Crippen molar-refractivity contribution in [2.24, 2.45) is 23.2 Å². The molecule has 4 saturated carbocycles. The Morgan fingerprint density at radius 2 is 1.66 bits per heavy atom. The zero-order chi connectivity index (χ0) is 22.5. The normalized spacial score (nSPS) is 32.6. The maximum atomic E-state index is 13.7. The van der Waals surface area contributed by atoms with Gasteiger partial charge >= 0.3 is 0 Å². The molecule has 1 heterocycles. The average Bonchev–Trinajstić information content (AvgIpc) is 3.25. The van der Waals surface area contributed by atoms with Crippen LogP contribution in [0.15, 0.2) is 24.3 Å². The van der Waals surface area contributed by atoms with Crippen molar-refractivity contribution in [1.82, 2.24) is 15.8 Å². The summed E-state index contributed by atoms with van der Waals surface area (Å²) in [5.41, 5.74) is 6.27. The maximum Gasteiger partial charge on any atom is 0.269 e. The van der Waals surface area contributed by atoms with Gasteiger partial charge in [0, 0.05) is 31.9 Å². The summed E-state index contributed by atoms with van der Waals surface area (Å²) < 4.78 is 0. The highest BCUT2D eigenvalue weighted by Gasteiger charge is 2.56. The van der Waals surface area contributed by atoms with Crippen LogP contribution in [0.4, 0.5) is 5.69 Å². The Labute approximate surface area is 189 Å². The molecule has 32 heavy (non-hydrogen) atoms. The molecule has 172 valence electrons. The summed E-state index contributed by atoms with van der Waals surface area (Å²) in [7, 11) is 3.82. The minimum Gasteiger partial charge on any atom is -0.378 e. The number of carbonyl (C=O) groups excluding carboxylic acids is 3. The highest BCUT2D eigenvalue weighted by Crippen LogP contribution is 2.60. The van der Waals surface area contributed by atoms with Crippen LogP contribution in [0.5, 0.6) is 0 Å². The molecule has 3 amide bonds. The van der Waals surface area contributed by atoms with Gasteiger partial charge in [-0.3, -0.25) is 25.2 Å². The Balaban J connectivity index is 1.23. The van der Waals surface area contributed by atoms with E-state index in [1.807, 2.05) is 36.0 Å². The van der Waals surface area contributed by atoms with E-state index >= 15 is 0 Å². The molecule has 1 saturated heterocycles. The lowest BCUT2D eigenvalue weighted by atomic mass is 9.49. The molecule has 7 heteroatoms. The molecule has 0 spiro atoms. The fourth-order valence-electron chi connectivity index (χ4n) is 7.16.